The van der Waals surface area contributed by atoms with E-state index < -0.39 is 0 Å². The van der Waals surface area contributed by atoms with Crippen LogP contribution in [0.25, 0.3) is 0 Å². The van der Waals surface area contributed by atoms with Gasteiger partial charge in [-0.25, -0.2) is 0 Å². The van der Waals surface area contributed by atoms with Crippen LogP contribution in [-0.4, -0.2) is 60.9 Å². The minimum Gasteiger partial charge on any atom is -0.314 e. The molecule has 2 saturated heterocycles. The zero-order valence-electron chi connectivity index (χ0n) is 12.3. The summed E-state index contributed by atoms with van der Waals surface area (Å²) in [5, 5.41) is 3.34. The van der Waals surface area contributed by atoms with E-state index in [1.165, 1.54) is 0 Å². The summed E-state index contributed by atoms with van der Waals surface area (Å²) in [4.78, 5) is 29.0. The predicted molar refractivity (Wildman–Crippen MR) is 78.4 cm³/mol. The Balaban J connectivity index is 1.34. The van der Waals surface area contributed by atoms with Gasteiger partial charge in [0.25, 0.3) is 0 Å². The smallest absolute Gasteiger partial charge is 0.233 e. The van der Waals surface area contributed by atoms with Gasteiger partial charge in [-0.3, -0.25) is 14.5 Å². The van der Waals surface area contributed by atoms with Crippen molar-refractivity contribution in [2.24, 2.45) is 23.7 Å². The normalized spacial score (nSPS) is 38.6. The van der Waals surface area contributed by atoms with Crippen molar-refractivity contribution in [2.75, 3.05) is 39.3 Å². The molecule has 4 aliphatic rings. The molecule has 2 aliphatic heterocycles. The number of fused-ring (bicyclic) bond motifs is 5. The van der Waals surface area contributed by atoms with Crippen LogP contribution in [0.5, 0.6) is 0 Å². The van der Waals surface area contributed by atoms with Gasteiger partial charge in [0.2, 0.25) is 11.8 Å². The fourth-order valence-electron chi connectivity index (χ4n) is 4.57. The largest absolute Gasteiger partial charge is 0.314 e. The molecule has 3 fully saturated rings. The SMILES string of the molecule is O=C1C2C3C=CC(C3)C2C(=O)N1CCCN1CCNCC1. The van der Waals surface area contributed by atoms with E-state index in [9.17, 15) is 9.59 Å². The van der Waals surface area contributed by atoms with Gasteiger partial charge in [-0.1, -0.05) is 12.2 Å². The Morgan fingerprint density at radius 2 is 1.62 bits per heavy atom. The Kier molecular flexibility index (Phi) is 3.34. The number of nitrogens with one attached hydrogen (secondary N) is 1. The van der Waals surface area contributed by atoms with Crippen LogP contribution in [-0.2, 0) is 9.59 Å². The van der Waals surface area contributed by atoms with Crippen LogP contribution in [0.1, 0.15) is 12.8 Å². The van der Waals surface area contributed by atoms with Crippen LogP contribution in [0, 0.1) is 23.7 Å². The molecule has 5 nitrogen and oxygen atoms in total. The summed E-state index contributed by atoms with van der Waals surface area (Å²) >= 11 is 0. The molecule has 5 heteroatoms. The number of allylic oxidation sites excluding steroid dienone is 2. The molecule has 4 rings (SSSR count). The summed E-state index contributed by atoms with van der Waals surface area (Å²) in [5.41, 5.74) is 0. The molecule has 21 heavy (non-hydrogen) atoms. The Morgan fingerprint density at radius 3 is 2.24 bits per heavy atom. The summed E-state index contributed by atoms with van der Waals surface area (Å²) in [5.74, 6) is 0.784. The molecule has 2 bridgehead atoms. The molecule has 1 N–H and O–H groups in total. The van der Waals surface area contributed by atoms with E-state index in [4.69, 9.17) is 0 Å². The molecule has 114 valence electrons. The minimum atomic E-state index is -0.0355. The van der Waals surface area contributed by atoms with Crippen molar-refractivity contribution in [3.8, 4) is 0 Å². The first-order valence-corrected chi connectivity index (χ1v) is 8.22. The minimum absolute atomic E-state index is 0.0355. The number of carbonyl (C=O) groups excluding carboxylic acids is 2. The van der Waals surface area contributed by atoms with E-state index in [1.807, 2.05) is 0 Å². The van der Waals surface area contributed by atoms with E-state index in [0.29, 0.717) is 18.4 Å². The molecule has 0 spiro atoms. The molecule has 4 unspecified atom stereocenters. The third-order valence-electron chi connectivity index (χ3n) is 5.63. The highest BCUT2D eigenvalue weighted by atomic mass is 16.2. The van der Waals surface area contributed by atoms with E-state index in [2.05, 4.69) is 22.4 Å². The second-order valence-corrected chi connectivity index (χ2v) is 6.77. The summed E-state index contributed by atoms with van der Waals surface area (Å²) in [6, 6.07) is 0. The fourth-order valence-corrected chi connectivity index (χ4v) is 4.57. The van der Waals surface area contributed by atoms with E-state index in [0.717, 1.165) is 45.6 Å². The highest BCUT2D eigenvalue weighted by Gasteiger charge is 2.58. The average Bonchev–Trinajstić information content (AvgIpc) is 3.17. The summed E-state index contributed by atoms with van der Waals surface area (Å²) < 4.78 is 0. The third kappa shape index (κ3) is 2.14. The Labute approximate surface area is 125 Å². The molecule has 2 heterocycles. The topological polar surface area (TPSA) is 52.7 Å². The Bertz CT molecular complexity index is 454. The van der Waals surface area contributed by atoms with Gasteiger partial charge >= 0.3 is 0 Å². The van der Waals surface area contributed by atoms with E-state index >= 15 is 0 Å². The Morgan fingerprint density at radius 1 is 1.00 bits per heavy atom. The Hall–Kier alpha value is -1.20. The van der Waals surface area contributed by atoms with Crippen molar-refractivity contribution in [1.29, 1.82) is 0 Å². The maximum absolute atomic E-state index is 12.5. The van der Waals surface area contributed by atoms with Gasteiger partial charge in [0.1, 0.15) is 0 Å². The van der Waals surface area contributed by atoms with E-state index in [1.54, 1.807) is 4.90 Å². The first kappa shape index (κ1) is 13.5. The van der Waals surface area contributed by atoms with Crippen LogP contribution < -0.4 is 5.32 Å². The van der Waals surface area contributed by atoms with Gasteiger partial charge in [0, 0.05) is 32.7 Å². The molecule has 0 aromatic heterocycles. The highest BCUT2D eigenvalue weighted by molar-refractivity contribution is 6.06. The van der Waals surface area contributed by atoms with Crippen molar-refractivity contribution in [2.45, 2.75) is 12.8 Å². The standard InChI is InChI=1S/C16H23N3O2/c20-15-13-11-2-3-12(10-11)14(13)16(21)19(15)7-1-6-18-8-4-17-5-9-18/h2-3,11-14,17H,1,4-10H2. The summed E-state index contributed by atoms with van der Waals surface area (Å²) in [6.45, 7) is 5.82. The van der Waals surface area contributed by atoms with Gasteiger partial charge in [0.05, 0.1) is 11.8 Å². The van der Waals surface area contributed by atoms with Crippen molar-refractivity contribution in [3.05, 3.63) is 12.2 Å². The van der Waals surface area contributed by atoms with Gasteiger partial charge in [-0.15, -0.1) is 0 Å². The molecule has 0 aromatic rings. The predicted octanol–water partition coefficient (Wildman–Crippen LogP) is 0.0888. The van der Waals surface area contributed by atoms with E-state index in [-0.39, 0.29) is 23.7 Å². The average molecular weight is 289 g/mol. The number of hydrogen-bond acceptors (Lipinski definition) is 4. The number of rotatable bonds is 4. The van der Waals surface area contributed by atoms with Crippen molar-refractivity contribution in [1.82, 2.24) is 15.1 Å². The number of likely N-dealkylation sites (tertiary alicyclic amines) is 1. The number of carbonyl (C=O) groups is 2. The van der Waals surface area contributed by atoms with Gasteiger partial charge in [-0.05, 0) is 31.2 Å². The molecule has 2 amide bonds. The molecule has 0 radical (unpaired) electrons. The number of piperazine rings is 1. The molecular formula is C16H23N3O2. The second-order valence-electron chi connectivity index (χ2n) is 6.77. The zero-order chi connectivity index (χ0) is 14.4. The van der Waals surface area contributed by atoms with Crippen LogP contribution in [0.15, 0.2) is 12.2 Å². The van der Waals surface area contributed by atoms with Gasteiger partial charge < -0.3 is 10.2 Å². The maximum Gasteiger partial charge on any atom is 0.233 e. The lowest BCUT2D eigenvalue weighted by molar-refractivity contribution is -0.140. The lowest BCUT2D eigenvalue weighted by atomic mass is 9.85. The number of amides is 2. The van der Waals surface area contributed by atoms with Crippen LogP contribution in [0.4, 0.5) is 0 Å². The number of imide groups is 1. The summed E-state index contributed by atoms with van der Waals surface area (Å²) in [7, 11) is 0. The summed E-state index contributed by atoms with van der Waals surface area (Å²) in [6.07, 6.45) is 6.23. The highest BCUT2D eigenvalue weighted by Crippen LogP contribution is 2.52. The molecule has 0 aromatic carbocycles. The number of hydrogen-bond donors (Lipinski definition) is 1. The first-order chi connectivity index (χ1) is 10.3. The van der Waals surface area contributed by atoms with Crippen LogP contribution in [0.3, 0.4) is 0 Å². The van der Waals surface area contributed by atoms with Gasteiger partial charge in [0.15, 0.2) is 0 Å². The van der Waals surface area contributed by atoms with Crippen molar-refractivity contribution < 1.29 is 9.59 Å². The monoisotopic (exact) mass is 289 g/mol. The van der Waals surface area contributed by atoms with Crippen molar-refractivity contribution >= 4 is 11.8 Å². The molecule has 2 aliphatic carbocycles. The van der Waals surface area contributed by atoms with Gasteiger partial charge in [-0.2, -0.15) is 0 Å². The quantitative estimate of drug-likeness (QED) is 0.589. The molecule has 1 saturated carbocycles. The second kappa shape index (κ2) is 5.21. The van der Waals surface area contributed by atoms with Crippen molar-refractivity contribution in [3.63, 3.8) is 0 Å². The third-order valence-corrected chi connectivity index (χ3v) is 5.63. The lowest BCUT2D eigenvalue weighted by Crippen LogP contribution is -2.44. The lowest BCUT2D eigenvalue weighted by Gasteiger charge is -2.27. The number of nitrogens with zero attached hydrogens (tertiary/aromatic N) is 2. The first-order valence-electron chi connectivity index (χ1n) is 8.22. The molecule has 4 atom stereocenters. The van der Waals surface area contributed by atoms with Crippen LogP contribution in [0.2, 0.25) is 0 Å². The zero-order valence-corrected chi connectivity index (χ0v) is 12.3. The maximum atomic E-state index is 12.5. The molecular weight excluding hydrogens is 266 g/mol. The van der Waals surface area contributed by atoms with Crippen LogP contribution >= 0.6 is 0 Å². The fraction of sp³-hybridized carbons (Fsp3) is 0.750.